The smallest absolute Gasteiger partial charge is 0.409 e. The summed E-state index contributed by atoms with van der Waals surface area (Å²) in [6.45, 7) is 6.90. The third-order valence-corrected chi connectivity index (χ3v) is 5.68. The van der Waals surface area contributed by atoms with Crippen LogP contribution in [0.1, 0.15) is 19.4 Å². The van der Waals surface area contributed by atoms with E-state index in [4.69, 9.17) is 4.74 Å². The number of nitrogens with zero attached hydrogens (tertiary/aromatic N) is 3. The summed E-state index contributed by atoms with van der Waals surface area (Å²) in [4.78, 5) is 27.8. The number of carbonyl (C=O) groups is 2. The van der Waals surface area contributed by atoms with E-state index in [1.165, 1.54) is 0 Å². The molecule has 1 aliphatic heterocycles. The fourth-order valence-corrected chi connectivity index (χ4v) is 4.32. The van der Waals surface area contributed by atoms with Crippen molar-refractivity contribution < 1.29 is 22.7 Å². The zero-order chi connectivity index (χ0) is 20.2. The zero-order valence-corrected chi connectivity index (χ0v) is 17.0. The molecule has 150 valence electrons. The Morgan fingerprint density at radius 1 is 1.19 bits per heavy atom. The predicted molar refractivity (Wildman–Crippen MR) is 103 cm³/mol. The van der Waals surface area contributed by atoms with Crippen molar-refractivity contribution in [3.63, 3.8) is 0 Å². The van der Waals surface area contributed by atoms with E-state index in [1.807, 2.05) is 13.0 Å². The third-order valence-electron chi connectivity index (χ3n) is 4.44. The molecule has 1 fully saturated rings. The molecule has 0 aliphatic carbocycles. The van der Waals surface area contributed by atoms with Crippen LogP contribution in [0.25, 0.3) is 0 Å². The second-order valence-corrected chi connectivity index (χ2v) is 8.44. The molecule has 1 saturated heterocycles. The first kappa shape index (κ1) is 21.0. The van der Waals surface area contributed by atoms with Gasteiger partial charge in [-0.05, 0) is 38.5 Å². The van der Waals surface area contributed by atoms with Gasteiger partial charge < -0.3 is 14.5 Å². The van der Waals surface area contributed by atoms with Crippen LogP contribution >= 0.6 is 0 Å². The lowest BCUT2D eigenvalue weighted by atomic mass is 10.2. The molecule has 0 radical (unpaired) electrons. The highest BCUT2D eigenvalue weighted by Gasteiger charge is 2.34. The van der Waals surface area contributed by atoms with Crippen LogP contribution in [-0.4, -0.2) is 75.3 Å². The molecule has 0 N–H and O–H groups in total. The van der Waals surface area contributed by atoms with Gasteiger partial charge in [-0.25, -0.2) is 13.2 Å². The van der Waals surface area contributed by atoms with Crippen LogP contribution in [0, 0.1) is 6.92 Å². The first-order chi connectivity index (χ1) is 12.6. The summed E-state index contributed by atoms with van der Waals surface area (Å²) >= 11 is 0. The van der Waals surface area contributed by atoms with E-state index >= 15 is 0 Å². The Bertz CT molecular complexity index is 788. The highest BCUT2D eigenvalue weighted by atomic mass is 32.2. The molecule has 9 heteroatoms. The molecule has 1 heterocycles. The number of ether oxygens (including phenoxy) is 1. The van der Waals surface area contributed by atoms with Crippen molar-refractivity contribution in [2.45, 2.75) is 26.8 Å². The zero-order valence-electron chi connectivity index (χ0n) is 16.2. The Hall–Kier alpha value is -2.29. The molecule has 0 aromatic heterocycles. The van der Waals surface area contributed by atoms with Crippen molar-refractivity contribution in [1.82, 2.24) is 9.80 Å². The molecular weight excluding hydrogens is 370 g/mol. The lowest BCUT2D eigenvalue weighted by molar-refractivity contribution is -0.133. The minimum absolute atomic E-state index is 0.287. The van der Waals surface area contributed by atoms with Crippen molar-refractivity contribution in [2.24, 2.45) is 0 Å². The van der Waals surface area contributed by atoms with E-state index in [9.17, 15) is 18.0 Å². The topological polar surface area (TPSA) is 87.2 Å². The van der Waals surface area contributed by atoms with Gasteiger partial charge in [0.2, 0.25) is 15.9 Å². The minimum atomic E-state index is -3.65. The van der Waals surface area contributed by atoms with Crippen LogP contribution in [0.4, 0.5) is 10.5 Å². The summed E-state index contributed by atoms with van der Waals surface area (Å²) in [5.74, 6) is -0.287. The number of hydrogen-bond acceptors (Lipinski definition) is 5. The van der Waals surface area contributed by atoms with E-state index in [-0.39, 0.29) is 5.91 Å². The van der Waals surface area contributed by atoms with Gasteiger partial charge in [0.05, 0.1) is 18.6 Å². The van der Waals surface area contributed by atoms with Crippen molar-refractivity contribution in [2.75, 3.05) is 43.3 Å². The first-order valence-electron chi connectivity index (χ1n) is 8.91. The summed E-state index contributed by atoms with van der Waals surface area (Å²) in [5.41, 5.74) is 1.37. The first-order valence-corrected chi connectivity index (χ1v) is 10.8. The van der Waals surface area contributed by atoms with Gasteiger partial charge in [-0.3, -0.25) is 9.10 Å². The quantitative estimate of drug-likeness (QED) is 0.751. The second-order valence-electron chi connectivity index (χ2n) is 6.59. The molecule has 1 aliphatic rings. The van der Waals surface area contributed by atoms with Crippen LogP contribution < -0.4 is 4.31 Å². The number of rotatable bonds is 5. The average Bonchev–Trinajstić information content (AvgIpc) is 2.60. The number of carbonyl (C=O) groups excluding carboxylic acids is 2. The Labute approximate surface area is 160 Å². The number of anilines is 1. The van der Waals surface area contributed by atoms with Crippen molar-refractivity contribution >= 4 is 27.7 Å². The third kappa shape index (κ3) is 5.12. The standard InChI is InChI=1S/C18H27N3O5S/c1-5-26-18(23)20-11-9-19(10-12-20)17(22)15(3)21(27(4,24)25)16-8-6-7-14(2)13-16/h6-8,13,15H,5,9-12H2,1-4H3/t15-/m1/s1. The van der Waals surface area contributed by atoms with Crippen molar-refractivity contribution in [3.8, 4) is 0 Å². The van der Waals surface area contributed by atoms with Gasteiger partial charge in [0.1, 0.15) is 6.04 Å². The summed E-state index contributed by atoms with van der Waals surface area (Å²) in [7, 11) is -3.65. The van der Waals surface area contributed by atoms with E-state index in [1.54, 1.807) is 41.8 Å². The lowest BCUT2D eigenvalue weighted by Gasteiger charge is -2.37. The molecule has 0 unspecified atom stereocenters. The molecule has 0 spiro atoms. The Morgan fingerprint density at radius 2 is 1.78 bits per heavy atom. The SMILES string of the molecule is CCOC(=O)N1CCN(C(=O)[C@@H](C)N(c2cccc(C)c2)S(C)(=O)=O)CC1. The normalized spacial score (nSPS) is 16.0. The summed E-state index contributed by atoms with van der Waals surface area (Å²) in [5, 5.41) is 0. The van der Waals surface area contributed by atoms with Gasteiger partial charge in [-0.1, -0.05) is 12.1 Å². The maximum atomic E-state index is 12.9. The lowest BCUT2D eigenvalue weighted by Crippen LogP contribution is -2.56. The summed E-state index contributed by atoms with van der Waals surface area (Å²) < 4.78 is 30.9. The van der Waals surface area contributed by atoms with Gasteiger partial charge in [0.15, 0.2) is 0 Å². The maximum absolute atomic E-state index is 12.9. The predicted octanol–water partition coefficient (Wildman–Crippen LogP) is 1.45. The van der Waals surface area contributed by atoms with Gasteiger partial charge in [0.25, 0.3) is 0 Å². The average molecular weight is 397 g/mol. The van der Waals surface area contributed by atoms with Crippen molar-refractivity contribution in [1.29, 1.82) is 0 Å². The van der Waals surface area contributed by atoms with E-state index in [0.29, 0.717) is 38.5 Å². The van der Waals surface area contributed by atoms with Gasteiger partial charge in [0, 0.05) is 26.2 Å². The highest BCUT2D eigenvalue weighted by molar-refractivity contribution is 7.92. The number of benzene rings is 1. The molecule has 1 atom stereocenters. The van der Waals surface area contributed by atoms with Crippen LogP contribution in [0.3, 0.4) is 0 Å². The number of hydrogen-bond donors (Lipinski definition) is 0. The van der Waals surface area contributed by atoms with Crippen LogP contribution in [0.15, 0.2) is 24.3 Å². The highest BCUT2D eigenvalue weighted by Crippen LogP contribution is 2.23. The summed E-state index contributed by atoms with van der Waals surface area (Å²) in [6.07, 6.45) is 0.702. The monoisotopic (exact) mass is 397 g/mol. The molecule has 27 heavy (non-hydrogen) atoms. The van der Waals surface area contributed by atoms with Crippen LogP contribution in [0.5, 0.6) is 0 Å². The molecule has 2 amide bonds. The van der Waals surface area contributed by atoms with Crippen LogP contribution in [-0.2, 0) is 19.6 Å². The van der Waals surface area contributed by atoms with Gasteiger partial charge >= 0.3 is 6.09 Å². The van der Waals surface area contributed by atoms with E-state index < -0.39 is 22.2 Å². The molecule has 0 bridgehead atoms. The maximum Gasteiger partial charge on any atom is 0.409 e. The number of sulfonamides is 1. The number of aryl methyl sites for hydroxylation is 1. The summed E-state index contributed by atoms with van der Waals surface area (Å²) in [6, 6.07) is 6.17. The molecule has 8 nitrogen and oxygen atoms in total. The van der Waals surface area contributed by atoms with Crippen molar-refractivity contribution in [3.05, 3.63) is 29.8 Å². The van der Waals surface area contributed by atoms with E-state index in [0.717, 1.165) is 16.1 Å². The van der Waals surface area contributed by atoms with Crippen LogP contribution in [0.2, 0.25) is 0 Å². The molecule has 1 aromatic carbocycles. The molecule has 2 rings (SSSR count). The number of amides is 2. The molecule has 0 saturated carbocycles. The van der Waals surface area contributed by atoms with E-state index in [2.05, 4.69) is 0 Å². The fourth-order valence-electron chi connectivity index (χ4n) is 3.16. The minimum Gasteiger partial charge on any atom is -0.450 e. The molecular formula is C18H27N3O5S. The largest absolute Gasteiger partial charge is 0.450 e. The Kier molecular flexibility index (Phi) is 6.69. The van der Waals surface area contributed by atoms with Gasteiger partial charge in [-0.15, -0.1) is 0 Å². The fraction of sp³-hybridized carbons (Fsp3) is 0.556. The Balaban J connectivity index is 2.13. The Morgan fingerprint density at radius 3 is 2.30 bits per heavy atom. The number of piperazine rings is 1. The molecule has 1 aromatic rings. The second kappa shape index (κ2) is 8.60. The van der Waals surface area contributed by atoms with Gasteiger partial charge in [-0.2, -0.15) is 0 Å².